The summed E-state index contributed by atoms with van der Waals surface area (Å²) in [4.78, 5) is 28.0. The Kier molecular flexibility index (Phi) is 3.87. The maximum atomic E-state index is 12.5. The van der Waals surface area contributed by atoms with E-state index in [0.717, 1.165) is 26.1 Å². The topological polar surface area (TPSA) is 65.2 Å². The molecule has 0 bridgehead atoms. The van der Waals surface area contributed by atoms with Gasteiger partial charge in [-0.25, -0.2) is 0 Å². The molecule has 0 aliphatic carbocycles. The van der Waals surface area contributed by atoms with E-state index in [1.807, 2.05) is 4.90 Å². The van der Waals surface area contributed by atoms with Crippen LogP contribution in [0.25, 0.3) is 0 Å². The van der Waals surface area contributed by atoms with E-state index in [2.05, 4.69) is 10.3 Å². The second-order valence-corrected chi connectivity index (χ2v) is 5.80. The minimum atomic E-state index is -0.173. The Hall–Kier alpha value is -1.62. The first-order valence-corrected chi connectivity index (χ1v) is 7.45. The predicted molar refractivity (Wildman–Crippen MR) is 76.7 cm³/mol. The summed E-state index contributed by atoms with van der Waals surface area (Å²) in [7, 11) is 0. The highest BCUT2D eigenvalue weighted by molar-refractivity contribution is 5.93. The molecule has 2 unspecified atom stereocenters. The number of likely N-dealkylation sites (tertiary alicyclic amines) is 1. The molecule has 0 radical (unpaired) electrons. The van der Waals surface area contributed by atoms with Crippen LogP contribution in [0.5, 0.6) is 0 Å². The summed E-state index contributed by atoms with van der Waals surface area (Å²) in [6.45, 7) is 2.76. The summed E-state index contributed by atoms with van der Waals surface area (Å²) in [5.74, 6) is 0.599. The lowest BCUT2D eigenvalue weighted by Crippen LogP contribution is -2.45. The van der Waals surface area contributed by atoms with Crippen molar-refractivity contribution in [2.75, 3.05) is 19.6 Å². The van der Waals surface area contributed by atoms with Gasteiger partial charge in [-0.1, -0.05) is 0 Å². The van der Waals surface area contributed by atoms with Gasteiger partial charge in [-0.15, -0.1) is 0 Å². The Morgan fingerprint density at radius 2 is 2.15 bits per heavy atom. The maximum absolute atomic E-state index is 12.5. The number of piperidine rings is 1. The first kappa shape index (κ1) is 13.4. The third-order valence-electron chi connectivity index (χ3n) is 4.44. The molecule has 1 aromatic rings. The van der Waals surface area contributed by atoms with Gasteiger partial charge in [-0.2, -0.15) is 0 Å². The fraction of sp³-hybridized carbons (Fsp3) is 0.600. The SMILES string of the molecule is O=C(c1ccc(=O)[nH]c1)N1CCCC(C2CCCN2)C1. The Bertz CT molecular complexity index is 514. The summed E-state index contributed by atoms with van der Waals surface area (Å²) < 4.78 is 0. The number of pyridine rings is 1. The van der Waals surface area contributed by atoms with Crippen LogP contribution < -0.4 is 10.9 Å². The van der Waals surface area contributed by atoms with Crippen molar-refractivity contribution < 1.29 is 4.79 Å². The van der Waals surface area contributed by atoms with Crippen molar-refractivity contribution in [2.45, 2.75) is 31.7 Å². The second kappa shape index (κ2) is 5.79. The van der Waals surface area contributed by atoms with E-state index < -0.39 is 0 Å². The molecule has 2 N–H and O–H groups in total. The number of aromatic amines is 1. The van der Waals surface area contributed by atoms with E-state index in [1.54, 1.807) is 6.07 Å². The molecule has 108 valence electrons. The lowest BCUT2D eigenvalue weighted by molar-refractivity contribution is 0.0650. The van der Waals surface area contributed by atoms with E-state index in [9.17, 15) is 9.59 Å². The predicted octanol–water partition coefficient (Wildman–Crippen LogP) is 0.979. The van der Waals surface area contributed by atoms with Crippen LogP contribution in [0, 0.1) is 5.92 Å². The Morgan fingerprint density at radius 1 is 1.25 bits per heavy atom. The number of rotatable bonds is 2. The quantitative estimate of drug-likeness (QED) is 0.845. The molecule has 20 heavy (non-hydrogen) atoms. The van der Waals surface area contributed by atoms with Gasteiger partial charge in [-0.05, 0) is 44.2 Å². The monoisotopic (exact) mass is 275 g/mol. The molecule has 0 spiro atoms. The Balaban J connectivity index is 1.68. The molecule has 2 saturated heterocycles. The van der Waals surface area contributed by atoms with Crippen LogP contribution >= 0.6 is 0 Å². The van der Waals surface area contributed by atoms with Gasteiger partial charge in [0.05, 0.1) is 5.56 Å². The summed E-state index contributed by atoms with van der Waals surface area (Å²) >= 11 is 0. The molecular formula is C15H21N3O2. The largest absolute Gasteiger partial charge is 0.338 e. The van der Waals surface area contributed by atoms with Gasteiger partial charge >= 0.3 is 0 Å². The summed E-state index contributed by atoms with van der Waals surface area (Å²) in [6, 6.07) is 3.59. The molecule has 2 fully saturated rings. The number of carbonyl (C=O) groups is 1. The second-order valence-electron chi connectivity index (χ2n) is 5.80. The van der Waals surface area contributed by atoms with E-state index in [-0.39, 0.29) is 11.5 Å². The number of nitrogens with zero attached hydrogens (tertiary/aromatic N) is 1. The smallest absolute Gasteiger partial charge is 0.255 e. The Morgan fingerprint density at radius 3 is 2.85 bits per heavy atom. The minimum Gasteiger partial charge on any atom is -0.338 e. The van der Waals surface area contributed by atoms with Gasteiger partial charge in [0.15, 0.2) is 0 Å². The first-order chi connectivity index (χ1) is 9.74. The molecule has 2 aliphatic heterocycles. The minimum absolute atomic E-state index is 0.0314. The molecule has 5 heteroatoms. The lowest BCUT2D eigenvalue weighted by atomic mass is 9.89. The molecule has 5 nitrogen and oxygen atoms in total. The number of H-pyrrole nitrogens is 1. The maximum Gasteiger partial charge on any atom is 0.255 e. The van der Waals surface area contributed by atoms with Crippen LogP contribution in [0.2, 0.25) is 0 Å². The van der Waals surface area contributed by atoms with Crippen molar-refractivity contribution >= 4 is 5.91 Å². The average molecular weight is 275 g/mol. The number of aromatic nitrogens is 1. The van der Waals surface area contributed by atoms with Crippen LogP contribution in [0.15, 0.2) is 23.1 Å². The molecule has 3 rings (SSSR count). The van der Waals surface area contributed by atoms with Crippen molar-refractivity contribution in [1.29, 1.82) is 0 Å². The van der Waals surface area contributed by atoms with Crippen molar-refractivity contribution in [1.82, 2.24) is 15.2 Å². The zero-order valence-electron chi connectivity index (χ0n) is 11.6. The summed E-state index contributed by atoms with van der Waals surface area (Å²) in [6.07, 6.45) is 6.26. The first-order valence-electron chi connectivity index (χ1n) is 7.45. The highest BCUT2D eigenvalue weighted by Crippen LogP contribution is 2.25. The lowest BCUT2D eigenvalue weighted by Gasteiger charge is -2.35. The fourth-order valence-corrected chi connectivity index (χ4v) is 3.36. The van der Waals surface area contributed by atoms with Crippen molar-refractivity contribution in [3.63, 3.8) is 0 Å². The van der Waals surface area contributed by atoms with Gasteiger partial charge in [0, 0.05) is 31.4 Å². The number of hydrogen-bond acceptors (Lipinski definition) is 3. The van der Waals surface area contributed by atoms with Crippen molar-refractivity contribution in [3.05, 3.63) is 34.2 Å². The average Bonchev–Trinajstić information content (AvgIpc) is 3.02. The molecule has 0 saturated carbocycles. The fourth-order valence-electron chi connectivity index (χ4n) is 3.36. The van der Waals surface area contributed by atoms with E-state index >= 15 is 0 Å². The van der Waals surface area contributed by atoms with Gasteiger partial charge in [-0.3, -0.25) is 9.59 Å². The van der Waals surface area contributed by atoms with Crippen molar-refractivity contribution in [3.8, 4) is 0 Å². The van der Waals surface area contributed by atoms with Gasteiger partial charge in [0.1, 0.15) is 0 Å². The molecule has 1 amide bonds. The molecule has 2 atom stereocenters. The van der Waals surface area contributed by atoms with Gasteiger partial charge in [0.25, 0.3) is 5.91 Å². The third-order valence-corrected chi connectivity index (χ3v) is 4.44. The highest BCUT2D eigenvalue weighted by atomic mass is 16.2. The van der Waals surface area contributed by atoms with Crippen LogP contribution in [0.3, 0.4) is 0 Å². The number of nitrogens with one attached hydrogen (secondary N) is 2. The highest BCUT2D eigenvalue weighted by Gasteiger charge is 2.31. The van der Waals surface area contributed by atoms with E-state index in [1.165, 1.54) is 31.5 Å². The zero-order chi connectivity index (χ0) is 13.9. The summed E-state index contributed by atoms with van der Waals surface area (Å²) in [5, 5.41) is 3.55. The van der Waals surface area contributed by atoms with E-state index in [0.29, 0.717) is 17.5 Å². The van der Waals surface area contributed by atoms with Crippen LogP contribution in [0.4, 0.5) is 0 Å². The molecular weight excluding hydrogens is 254 g/mol. The number of carbonyl (C=O) groups excluding carboxylic acids is 1. The number of amides is 1. The van der Waals surface area contributed by atoms with Gasteiger partial charge in [0.2, 0.25) is 5.56 Å². The molecule has 1 aromatic heterocycles. The molecule has 2 aliphatic rings. The van der Waals surface area contributed by atoms with Crippen molar-refractivity contribution in [2.24, 2.45) is 5.92 Å². The van der Waals surface area contributed by atoms with Gasteiger partial charge < -0.3 is 15.2 Å². The summed E-state index contributed by atoms with van der Waals surface area (Å²) in [5.41, 5.74) is 0.401. The Labute approximate surface area is 118 Å². The standard InChI is InChI=1S/C15H21N3O2/c19-14-6-5-11(9-17-14)15(20)18-8-2-3-12(10-18)13-4-1-7-16-13/h5-6,9,12-13,16H,1-4,7-8,10H2,(H,17,19). The number of hydrogen-bond donors (Lipinski definition) is 2. The van der Waals surface area contributed by atoms with Crippen LogP contribution in [-0.4, -0.2) is 41.5 Å². The van der Waals surface area contributed by atoms with E-state index in [4.69, 9.17) is 0 Å². The van der Waals surface area contributed by atoms with Crippen LogP contribution in [-0.2, 0) is 0 Å². The molecule has 3 heterocycles. The third kappa shape index (κ3) is 2.77. The molecule has 0 aromatic carbocycles. The van der Waals surface area contributed by atoms with Crippen LogP contribution in [0.1, 0.15) is 36.0 Å². The zero-order valence-corrected chi connectivity index (χ0v) is 11.6. The normalized spacial score (nSPS) is 26.7.